The van der Waals surface area contributed by atoms with Gasteiger partial charge in [-0.15, -0.1) is 0 Å². The summed E-state index contributed by atoms with van der Waals surface area (Å²) < 4.78 is 0. The first kappa shape index (κ1) is 12.8. The molecule has 1 aliphatic heterocycles. The second kappa shape index (κ2) is 6.34. The van der Waals surface area contributed by atoms with Gasteiger partial charge in [0.05, 0.1) is 5.69 Å². The zero-order valence-electron chi connectivity index (χ0n) is 10.3. The molecule has 0 unspecified atom stereocenters. The first-order chi connectivity index (χ1) is 8.29. The number of halogens is 1. The molecular weight excluding hydrogens is 234 g/mol. The van der Waals surface area contributed by atoms with E-state index in [2.05, 4.69) is 28.2 Å². The van der Waals surface area contributed by atoms with E-state index in [1.807, 2.05) is 12.1 Å². The molecule has 3 nitrogen and oxygen atoms in total. The van der Waals surface area contributed by atoms with Crippen molar-refractivity contribution in [3.8, 4) is 0 Å². The van der Waals surface area contributed by atoms with Gasteiger partial charge in [0.2, 0.25) is 0 Å². The highest BCUT2D eigenvalue weighted by Crippen LogP contribution is 2.15. The Morgan fingerprint density at radius 1 is 1.41 bits per heavy atom. The number of aromatic nitrogens is 1. The number of nitrogens with one attached hydrogen (secondary N) is 1. The summed E-state index contributed by atoms with van der Waals surface area (Å²) in [4.78, 5) is 6.86. The Bertz CT molecular complexity index is 350. The van der Waals surface area contributed by atoms with Gasteiger partial charge in [0.1, 0.15) is 5.15 Å². The molecule has 1 aromatic rings. The molecule has 94 valence electrons. The largest absolute Gasteiger partial charge is 0.317 e. The molecule has 17 heavy (non-hydrogen) atoms. The van der Waals surface area contributed by atoms with Gasteiger partial charge in [-0.1, -0.05) is 24.6 Å². The molecule has 2 rings (SSSR count). The van der Waals surface area contributed by atoms with E-state index >= 15 is 0 Å². The SMILES string of the molecule is CCN(Cc1cccc(Cl)n1)C1CCNCC1. The lowest BCUT2D eigenvalue weighted by Crippen LogP contribution is -2.42. The van der Waals surface area contributed by atoms with Crippen molar-refractivity contribution >= 4 is 11.6 Å². The average molecular weight is 254 g/mol. The van der Waals surface area contributed by atoms with Crippen LogP contribution in [0, 0.1) is 0 Å². The smallest absolute Gasteiger partial charge is 0.129 e. The van der Waals surface area contributed by atoms with E-state index in [0.717, 1.165) is 31.9 Å². The Kier molecular flexibility index (Phi) is 4.77. The van der Waals surface area contributed by atoms with Crippen LogP contribution >= 0.6 is 11.6 Å². The minimum Gasteiger partial charge on any atom is -0.317 e. The van der Waals surface area contributed by atoms with Crippen LogP contribution in [0.5, 0.6) is 0 Å². The third-order valence-electron chi connectivity index (χ3n) is 3.37. The lowest BCUT2D eigenvalue weighted by molar-refractivity contribution is 0.160. The van der Waals surface area contributed by atoms with Gasteiger partial charge in [-0.25, -0.2) is 4.98 Å². The summed E-state index contributed by atoms with van der Waals surface area (Å²) in [6.45, 7) is 6.45. The third-order valence-corrected chi connectivity index (χ3v) is 3.58. The van der Waals surface area contributed by atoms with Crippen LogP contribution in [0.15, 0.2) is 18.2 Å². The fraction of sp³-hybridized carbons (Fsp3) is 0.615. The molecule has 0 aromatic carbocycles. The van der Waals surface area contributed by atoms with Gasteiger partial charge >= 0.3 is 0 Å². The van der Waals surface area contributed by atoms with E-state index in [1.165, 1.54) is 12.8 Å². The van der Waals surface area contributed by atoms with E-state index in [9.17, 15) is 0 Å². The molecule has 0 atom stereocenters. The molecule has 0 aliphatic carbocycles. The van der Waals surface area contributed by atoms with Gasteiger partial charge in [-0.05, 0) is 44.6 Å². The van der Waals surface area contributed by atoms with Gasteiger partial charge in [-0.2, -0.15) is 0 Å². The molecule has 0 spiro atoms. The highest BCUT2D eigenvalue weighted by atomic mass is 35.5. The first-order valence-electron chi connectivity index (χ1n) is 6.36. The van der Waals surface area contributed by atoms with Crippen molar-refractivity contribution < 1.29 is 0 Å². The quantitative estimate of drug-likeness (QED) is 0.835. The second-order valence-electron chi connectivity index (χ2n) is 4.50. The van der Waals surface area contributed by atoms with Crippen molar-refractivity contribution in [1.29, 1.82) is 0 Å². The maximum Gasteiger partial charge on any atom is 0.129 e. The average Bonchev–Trinajstić information content (AvgIpc) is 2.37. The summed E-state index contributed by atoms with van der Waals surface area (Å²) in [6, 6.07) is 6.53. The monoisotopic (exact) mass is 253 g/mol. The predicted octanol–water partition coefficient (Wildman–Crippen LogP) is 2.31. The number of hydrogen-bond donors (Lipinski definition) is 1. The van der Waals surface area contributed by atoms with E-state index in [4.69, 9.17) is 11.6 Å². The van der Waals surface area contributed by atoms with Crippen molar-refractivity contribution in [3.05, 3.63) is 29.0 Å². The van der Waals surface area contributed by atoms with E-state index in [-0.39, 0.29) is 0 Å². The number of rotatable bonds is 4. The molecule has 1 aliphatic rings. The molecule has 1 N–H and O–H groups in total. The van der Waals surface area contributed by atoms with Crippen LogP contribution in [0.25, 0.3) is 0 Å². The zero-order chi connectivity index (χ0) is 12.1. The summed E-state index contributed by atoms with van der Waals surface area (Å²) >= 11 is 5.92. The molecule has 1 aromatic heterocycles. The van der Waals surface area contributed by atoms with Crippen LogP contribution < -0.4 is 5.32 Å². The van der Waals surface area contributed by atoms with Crippen LogP contribution in [-0.2, 0) is 6.54 Å². The normalized spacial score (nSPS) is 17.6. The van der Waals surface area contributed by atoms with Crippen molar-refractivity contribution in [2.24, 2.45) is 0 Å². The van der Waals surface area contributed by atoms with Gasteiger partial charge < -0.3 is 5.32 Å². The van der Waals surface area contributed by atoms with Crippen LogP contribution in [0.2, 0.25) is 5.15 Å². The summed E-state index contributed by atoms with van der Waals surface area (Å²) in [7, 11) is 0. The molecule has 0 bridgehead atoms. The topological polar surface area (TPSA) is 28.2 Å². The van der Waals surface area contributed by atoms with Gasteiger partial charge in [-0.3, -0.25) is 4.90 Å². The minimum absolute atomic E-state index is 0.587. The van der Waals surface area contributed by atoms with Crippen molar-refractivity contribution in [2.75, 3.05) is 19.6 Å². The summed E-state index contributed by atoms with van der Waals surface area (Å²) in [6.07, 6.45) is 2.46. The molecule has 2 heterocycles. The predicted molar refractivity (Wildman–Crippen MR) is 71.2 cm³/mol. The van der Waals surface area contributed by atoms with Crippen LogP contribution in [0.1, 0.15) is 25.5 Å². The first-order valence-corrected chi connectivity index (χ1v) is 6.73. The second-order valence-corrected chi connectivity index (χ2v) is 4.88. The lowest BCUT2D eigenvalue weighted by Gasteiger charge is -2.33. The molecule has 0 radical (unpaired) electrons. The Morgan fingerprint density at radius 3 is 2.82 bits per heavy atom. The lowest BCUT2D eigenvalue weighted by atomic mass is 10.0. The summed E-state index contributed by atoms with van der Waals surface area (Å²) in [5.41, 5.74) is 1.07. The van der Waals surface area contributed by atoms with Crippen LogP contribution in [0.4, 0.5) is 0 Å². The summed E-state index contributed by atoms with van der Waals surface area (Å²) in [5.74, 6) is 0. The van der Waals surface area contributed by atoms with Gasteiger partial charge in [0.25, 0.3) is 0 Å². The summed E-state index contributed by atoms with van der Waals surface area (Å²) in [5, 5.41) is 3.99. The van der Waals surface area contributed by atoms with Crippen LogP contribution in [0.3, 0.4) is 0 Å². The van der Waals surface area contributed by atoms with E-state index in [1.54, 1.807) is 0 Å². The van der Waals surface area contributed by atoms with Gasteiger partial charge in [0, 0.05) is 12.6 Å². The van der Waals surface area contributed by atoms with E-state index < -0.39 is 0 Å². The number of pyridine rings is 1. The van der Waals surface area contributed by atoms with Crippen LogP contribution in [-0.4, -0.2) is 35.6 Å². The Balaban J connectivity index is 1.98. The number of piperidine rings is 1. The van der Waals surface area contributed by atoms with Crippen molar-refractivity contribution in [2.45, 2.75) is 32.4 Å². The Labute approximate surface area is 108 Å². The zero-order valence-corrected chi connectivity index (χ0v) is 11.1. The standard InChI is InChI=1S/C13H20ClN3/c1-2-17(12-6-8-15-9-7-12)10-11-4-3-5-13(14)16-11/h3-5,12,15H,2,6-10H2,1H3. The Hall–Kier alpha value is -0.640. The number of hydrogen-bond acceptors (Lipinski definition) is 3. The molecule has 1 saturated heterocycles. The molecule has 0 saturated carbocycles. The highest BCUT2D eigenvalue weighted by Gasteiger charge is 2.19. The molecule has 0 amide bonds. The minimum atomic E-state index is 0.587. The maximum absolute atomic E-state index is 5.92. The molecule has 1 fully saturated rings. The molecule has 4 heteroatoms. The van der Waals surface area contributed by atoms with Crippen molar-refractivity contribution in [1.82, 2.24) is 15.2 Å². The Morgan fingerprint density at radius 2 is 2.18 bits per heavy atom. The number of nitrogens with zero attached hydrogens (tertiary/aromatic N) is 2. The fourth-order valence-electron chi connectivity index (χ4n) is 2.42. The van der Waals surface area contributed by atoms with Crippen molar-refractivity contribution in [3.63, 3.8) is 0 Å². The maximum atomic E-state index is 5.92. The fourth-order valence-corrected chi connectivity index (χ4v) is 2.60. The van der Waals surface area contributed by atoms with Gasteiger partial charge in [0.15, 0.2) is 0 Å². The highest BCUT2D eigenvalue weighted by molar-refractivity contribution is 6.29. The third kappa shape index (κ3) is 3.66. The molecular formula is C13H20ClN3. The van der Waals surface area contributed by atoms with E-state index in [0.29, 0.717) is 11.2 Å².